The first-order chi connectivity index (χ1) is 30.1. The summed E-state index contributed by atoms with van der Waals surface area (Å²) in [6, 6.07) is 56.5. The minimum Gasteiger partial charge on any atom is -0.464 e. The van der Waals surface area contributed by atoms with Gasteiger partial charge < -0.3 is 14.3 Å². The van der Waals surface area contributed by atoms with Gasteiger partial charge in [0.25, 0.3) is 0 Å². The van der Waals surface area contributed by atoms with E-state index in [0.717, 1.165) is 38.9 Å². The first-order valence-corrected chi connectivity index (χ1v) is 22.5. The van der Waals surface area contributed by atoms with Crippen LogP contribution in [0.5, 0.6) is 0 Å². The van der Waals surface area contributed by atoms with E-state index < -0.39 is 0 Å². The highest BCUT2D eigenvalue weighted by Gasteiger charge is 2.37. The Hall–Kier alpha value is -6.82. The van der Waals surface area contributed by atoms with E-state index in [2.05, 4.69) is 203 Å². The van der Waals surface area contributed by atoms with Crippen LogP contribution in [0.1, 0.15) is 51.3 Å². The van der Waals surface area contributed by atoms with Gasteiger partial charge in [0.05, 0.1) is 11.8 Å². The molecule has 2 aliphatic rings. The van der Waals surface area contributed by atoms with Crippen molar-refractivity contribution in [2.24, 2.45) is 0 Å². The summed E-state index contributed by atoms with van der Waals surface area (Å²) in [5.74, 6) is 0. The molecule has 8 aromatic carbocycles. The molecule has 62 heavy (non-hydrogen) atoms. The van der Waals surface area contributed by atoms with Crippen molar-refractivity contribution in [2.45, 2.75) is 45.4 Å². The summed E-state index contributed by atoms with van der Waals surface area (Å²) >= 11 is 1.88. The van der Waals surface area contributed by atoms with Crippen molar-refractivity contribution in [1.82, 2.24) is 4.57 Å². The molecule has 3 aromatic heterocycles. The molecule has 1 radical (unpaired) electrons. The summed E-state index contributed by atoms with van der Waals surface area (Å²) in [5, 5.41) is 10.2. The number of aromatic nitrogens is 1. The molecule has 0 spiro atoms. The van der Waals surface area contributed by atoms with Crippen LogP contribution in [0.4, 0.5) is 11.4 Å². The zero-order valence-corrected chi connectivity index (χ0v) is 36.2. The molecule has 0 fully saturated rings. The first kappa shape index (κ1) is 35.9. The number of furan rings is 1. The lowest BCUT2D eigenvalue weighted by molar-refractivity contribution is 0.590. The number of nitrogens with one attached hydrogen (secondary N) is 1. The highest BCUT2D eigenvalue weighted by atomic mass is 32.1. The summed E-state index contributed by atoms with van der Waals surface area (Å²) in [6.45, 7) is 11.5. The van der Waals surface area contributed by atoms with Gasteiger partial charge in [0.15, 0.2) is 7.28 Å². The van der Waals surface area contributed by atoms with Crippen molar-refractivity contribution < 1.29 is 4.42 Å². The number of rotatable bonds is 4. The van der Waals surface area contributed by atoms with E-state index in [0.29, 0.717) is 0 Å². The lowest BCUT2D eigenvalue weighted by atomic mass is 9.59. The molecule has 0 amide bonds. The van der Waals surface area contributed by atoms with Crippen LogP contribution in [-0.4, -0.2) is 11.8 Å². The number of anilines is 2. The standard InChI is InChI=1S/C57H42BN2OS/c1-56(2,3)33-19-21-34(22-20-33)59-48-29-46-39(35-15-9-11-17-45(35)57(46,4)5)25-40(48)37-23-24-38-41-28-53-43(36-16-10-12-18-52(36)62-53)27-49(41)60-50-26-42-44(32-13-7-6-8-14-32)31-61-51(42)30-47(50)58-54(37)55(38)60/h6-31,59H,1-5H3. The van der Waals surface area contributed by atoms with Crippen LogP contribution in [0, 0.1) is 0 Å². The maximum atomic E-state index is 6.39. The van der Waals surface area contributed by atoms with Crippen molar-refractivity contribution in [3.8, 4) is 39.1 Å². The number of benzene rings is 8. The fourth-order valence-corrected chi connectivity index (χ4v) is 11.8. The Morgan fingerprint density at radius 1 is 0.597 bits per heavy atom. The van der Waals surface area contributed by atoms with Crippen LogP contribution >= 0.6 is 11.3 Å². The van der Waals surface area contributed by atoms with E-state index >= 15 is 0 Å². The van der Waals surface area contributed by atoms with Gasteiger partial charge in [-0.15, -0.1) is 11.3 Å². The second-order valence-electron chi connectivity index (χ2n) is 18.9. The van der Waals surface area contributed by atoms with Gasteiger partial charge in [-0.3, -0.25) is 0 Å². The van der Waals surface area contributed by atoms with Gasteiger partial charge in [0.2, 0.25) is 0 Å². The third-order valence-electron chi connectivity index (χ3n) is 13.9. The number of fused-ring (bicyclic) bond motifs is 12. The van der Waals surface area contributed by atoms with Gasteiger partial charge in [-0.1, -0.05) is 137 Å². The molecule has 5 heteroatoms. The van der Waals surface area contributed by atoms with Crippen LogP contribution in [0.15, 0.2) is 162 Å². The van der Waals surface area contributed by atoms with Crippen LogP contribution in [0.25, 0.3) is 92.0 Å². The van der Waals surface area contributed by atoms with Crippen LogP contribution in [0.3, 0.4) is 0 Å². The van der Waals surface area contributed by atoms with E-state index in [1.54, 1.807) is 0 Å². The molecule has 0 atom stereocenters. The van der Waals surface area contributed by atoms with Crippen molar-refractivity contribution >= 4 is 93.9 Å². The molecule has 0 saturated heterocycles. The zero-order valence-electron chi connectivity index (χ0n) is 35.4. The summed E-state index contributed by atoms with van der Waals surface area (Å²) in [7, 11) is 2.42. The van der Waals surface area contributed by atoms with Gasteiger partial charge in [-0.05, 0) is 104 Å². The quantitative estimate of drug-likeness (QED) is 0.179. The van der Waals surface area contributed by atoms with Gasteiger partial charge in [0.1, 0.15) is 5.58 Å². The van der Waals surface area contributed by atoms with Crippen molar-refractivity contribution in [3.63, 3.8) is 0 Å². The second kappa shape index (κ2) is 12.6. The van der Waals surface area contributed by atoms with E-state index in [1.165, 1.54) is 92.1 Å². The molecule has 295 valence electrons. The molecule has 13 rings (SSSR count). The third kappa shape index (κ3) is 5.06. The Balaban J connectivity index is 1.10. The summed E-state index contributed by atoms with van der Waals surface area (Å²) in [5.41, 5.74) is 20.3. The lowest BCUT2D eigenvalue weighted by Crippen LogP contribution is -2.37. The van der Waals surface area contributed by atoms with Crippen LogP contribution in [0.2, 0.25) is 0 Å². The van der Waals surface area contributed by atoms with Crippen molar-refractivity contribution in [1.29, 1.82) is 0 Å². The topological polar surface area (TPSA) is 30.1 Å². The Kier molecular flexibility index (Phi) is 7.31. The molecule has 0 unspecified atom stereocenters. The van der Waals surface area contributed by atoms with E-state index in [-0.39, 0.29) is 10.8 Å². The summed E-state index contributed by atoms with van der Waals surface area (Å²) in [6.07, 6.45) is 1.92. The van der Waals surface area contributed by atoms with Crippen molar-refractivity contribution in [3.05, 3.63) is 175 Å². The molecule has 1 N–H and O–H groups in total. The van der Waals surface area contributed by atoms with E-state index in [1.807, 2.05) is 17.6 Å². The predicted octanol–water partition coefficient (Wildman–Crippen LogP) is 14.5. The minimum atomic E-state index is -0.142. The molecular weight excluding hydrogens is 772 g/mol. The molecule has 3 nitrogen and oxygen atoms in total. The highest BCUT2D eigenvalue weighted by molar-refractivity contribution is 7.25. The Bertz CT molecular complexity index is 3690. The first-order valence-electron chi connectivity index (χ1n) is 21.6. The average molecular weight is 814 g/mol. The molecule has 0 saturated carbocycles. The smallest absolute Gasteiger partial charge is 0.198 e. The van der Waals surface area contributed by atoms with E-state index in [4.69, 9.17) is 4.42 Å². The number of nitrogens with zero attached hydrogens (tertiary/aromatic N) is 1. The van der Waals surface area contributed by atoms with Gasteiger partial charge in [-0.25, -0.2) is 0 Å². The molecule has 1 aliphatic carbocycles. The Labute approximate surface area is 365 Å². The normalized spacial score (nSPS) is 13.8. The van der Waals surface area contributed by atoms with Crippen molar-refractivity contribution in [2.75, 3.05) is 5.32 Å². The molecular formula is C57H42BN2OS. The number of hydrogen-bond donors (Lipinski definition) is 1. The summed E-state index contributed by atoms with van der Waals surface area (Å²) < 4.78 is 11.6. The largest absolute Gasteiger partial charge is 0.464 e. The van der Waals surface area contributed by atoms with Crippen LogP contribution < -0.4 is 16.2 Å². The highest BCUT2D eigenvalue weighted by Crippen LogP contribution is 2.52. The molecule has 11 aromatic rings. The van der Waals surface area contributed by atoms with Gasteiger partial charge in [-0.2, -0.15) is 0 Å². The van der Waals surface area contributed by atoms with Gasteiger partial charge >= 0.3 is 0 Å². The van der Waals surface area contributed by atoms with Gasteiger partial charge in [0, 0.05) is 75.5 Å². The molecule has 0 bridgehead atoms. The second-order valence-corrected chi connectivity index (χ2v) is 19.9. The molecule has 1 aliphatic heterocycles. The molecule has 4 heterocycles. The number of thiophene rings is 1. The average Bonchev–Trinajstić information content (AvgIpc) is 4.01. The third-order valence-corrected chi connectivity index (χ3v) is 15.0. The Morgan fingerprint density at radius 2 is 1.39 bits per heavy atom. The lowest BCUT2D eigenvalue weighted by Gasteiger charge is -2.26. The SMILES string of the molecule is CC(C)(C)c1ccc(Nc2cc3c(cc2-c2ccc4c5cc6sc7ccccc7c6cc5n5c4c2[B]c2cc4occ(-c6ccccc6)c4cc2-5)-c2ccccc2C3(C)C)cc1. The fourth-order valence-electron chi connectivity index (χ4n) is 10.6. The summed E-state index contributed by atoms with van der Waals surface area (Å²) in [4.78, 5) is 0. The zero-order chi connectivity index (χ0) is 41.6. The minimum absolute atomic E-state index is 0.0717. The maximum absolute atomic E-state index is 6.39. The van der Waals surface area contributed by atoms with Crippen LogP contribution in [-0.2, 0) is 10.8 Å². The predicted molar refractivity (Wildman–Crippen MR) is 265 cm³/mol. The van der Waals surface area contributed by atoms with E-state index in [9.17, 15) is 0 Å². The number of hydrogen-bond acceptors (Lipinski definition) is 3. The monoisotopic (exact) mass is 813 g/mol. The maximum Gasteiger partial charge on any atom is 0.198 e. The Morgan fingerprint density at radius 3 is 2.23 bits per heavy atom. The fraction of sp³-hybridized carbons (Fsp3) is 0.123.